The fourth-order valence-electron chi connectivity index (χ4n) is 3.03. The first-order valence-electron chi connectivity index (χ1n) is 10.6. The molecular formula is C25H23N3O4S2. The second-order valence-corrected chi connectivity index (χ2v) is 9.47. The molecule has 0 aliphatic rings. The van der Waals surface area contributed by atoms with Gasteiger partial charge in [-0.3, -0.25) is 9.59 Å². The van der Waals surface area contributed by atoms with Crippen LogP contribution in [0.2, 0.25) is 0 Å². The molecule has 2 heterocycles. The van der Waals surface area contributed by atoms with E-state index in [1.54, 1.807) is 24.3 Å². The third kappa shape index (κ3) is 6.06. The fourth-order valence-corrected chi connectivity index (χ4v) is 4.62. The van der Waals surface area contributed by atoms with Crippen LogP contribution < -0.4 is 15.4 Å². The first-order valence-corrected chi connectivity index (χ1v) is 12.4. The summed E-state index contributed by atoms with van der Waals surface area (Å²) < 4.78 is 10.6. The van der Waals surface area contributed by atoms with Crippen LogP contribution >= 0.6 is 23.1 Å². The van der Waals surface area contributed by atoms with E-state index in [4.69, 9.17) is 9.15 Å². The molecule has 4 aromatic rings. The molecule has 1 atom stereocenters. The lowest BCUT2D eigenvalue weighted by atomic mass is 10.2. The van der Waals surface area contributed by atoms with Crippen molar-refractivity contribution >= 4 is 45.7 Å². The lowest BCUT2D eigenvalue weighted by molar-refractivity contribution is -0.115. The maximum atomic E-state index is 12.7. The van der Waals surface area contributed by atoms with E-state index in [1.165, 1.54) is 29.4 Å². The average molecular weight is 494 g/mol. The zero-order valence-electron chi connectivity index (χ0n) is 18.6. The largest absolute Gasteiger partial charge is 0.494 e. The molecule has 0 aliphatic heterocycles. The summed E-state index contributed by atoms with van der Waals surface area (Å²) in [5, 5.41) is 7.80. The van der Waals surface area contributed by atoms with Gasteiger partial charge in [0.1, 0.15) is 5.75 Å². The van der Waals surface area contributed by atoms with Gasteiger partial charge in [-0.2, -0.15) is 0 Å². The molecule has 34 heavy (non-hydrogen) atoms. The molecule has 0 saturated heterocycles. The molecule has 2 aromatic heterocycles. The Hall–Kier alpha value is -3.56. The highest BCUT2D eigenvalue weighted by Crippen LogP contribution is 2.29. The molecule has 0 bridgehead atoms. The summed E-state index contributed by atoms with van der Waals surface area (Å²) in [4.78, 5) is 30.2. The second kappa shape index (κ2) is 11.0. The van der Waals surface area contributed by atoms with Crippen LogP contribution in [0.15, 0.2) is 81.6 Å². The minimum Gasteiger partial charge on any atom is -0.494 e. The number of carbonyl (C=O) groups excluding carboxylic acids is 2. The molecular weight excluding hydrogens is 470 g/mol. The summed E-state index contributed by atoms with van der Waals surface area (Å²) in [5.74, 6) is 0.615. The number of ether oxygens (including phenoxy) is 1. The van der Waals surface area contributed by atoms with E-state index in [2.05, 4.69) is 15.6 Å². The SMILES string of the molecule is CCOc1ccc(-c2csc(NC(=O)C(C)Sc3ccc(NC(=O)c4ccco4)cc3)n2)cc1. The topological polar surface area (TPSA) is 93.5 Å². The van der Waals surface area contributed by atoms with Crippen molar-refractivity contribution in [1.82, 2.24) is 4.98 Å². The molecule has 0 radical (unpaired) electrons. The highest BCUT2D eigenvalue weighted by atomic mass is 32.2. The molecule has 9 heteroatoms. The molecule has 4 rings (SSSR count). The molecule has 7 nitrogen and oxygen atoms in total. The molecule has 2 aromatic carbocycles. The summed E-state index contributed by atoms with van der Waals surface area (Å²) >= 11 is 2.81. The summed E-state index contributed by atoms with van der Waals surface area (Å²) in [6.07, 6.45) is 1.45. The van der Waals surface area contributed by atoms with Gasteiger partial charge in [0.25, 0.3) is 5.91 Å². The molecule has 2 amide bonds. The summed E-state index contributed by atoms with van der Waals surface area (Å²) in [5.41, 5.74) is 2.41. The third-order valence-corrected chi connectivity index (χ3v) is 6.60. The zero-order chi connectivity index (χ0) is 23.9. The number of anilines is 2. The monoisotopic (exact) mass is 493 g/mol. The number of nitrogens with one attached hydrogen (secondary N) is 2. The minimum absolute atomic E-state index is 0.132. The number of aromatic nitrogens is 1. The van der Waals surface area contributed by atoms with E-state index < -0.39 is 0 Å². The van der Waals surface area contributed by atoms with Crippen molar-refractivity contribution in [3.8, 4) is 17.0 Å². The zero-order valence-corrected chi connectivity index (χ0v) is 20.2. The summed E-state index contributed by atoms with van der Waals surface area (Å²) in [6.45, 7) is 4.41. The van der Waals surface area contributed by atoms with Crippen LogP contribution in [0.4, 0.5) is 10.8 Å². The van der Waals surface area contributed by atoms with Gasteiger partial charge in [-0.25, -0.2) is 4.98 Å². The number of hydrogen-bond acceptors (Lipinski definition) is 7. The van der Waals surface area contributed by atoms with E-state index in [0.717, 1.165) is 21.9 Å². The van der Waals surface area contributed by atoms with Crippen LogP contribution in [0.1, 0.15) is 24.4 Å². The smallest absolute Gasteiger partial charge is 0.291 e. The number of thiazole rings is 1. The summed E-state index contributed by atoms with van der Waals surface area (Å²) in [6, 6.07) is 18.3. The van der Waals surface area contributed by atoms with Crippen LogP contribution in [0, 0.1) is 0 Å². The Balaban J connectivity index is 1.30. The quantitative estimate of drug-likeness (QED) is 0.271. The van der Waals surface area contributed by atoms with Gasteiger partial charge >= 0.3 is 0 Å². The Bertz CT molecular complexity index is 1240. The number of thioether (sulfide) groups is 1. The van der Waals surface area contributed by atoms with Gasteiger partial charge in [0, 0.05) is 21.5 Å². The first-order chi connectivity index (χ1) is 16.5. The standard InChI is InChI=1S/C25H23N3O4S2/c1-3-31-19-10-6-17(7-11-19)21-15-33-25(27-21)28-23(29)16(2)34-20-12-8-18(9-13-20)26-24(30)22-5-4-14-32-22/h4-16H,3H2,1-2H3,(H,26,30)(H,27,28,29). The van der Waals surface area contributed by atoms with E-state index in [0.29, 0.717) is 17.4 Å². The van der Waals surface area contributed by atoms with Crippen LogP contribution in [0.25, 0.3) is 11.3 Å². The predicted octanol–water partition coefficient (Wildman–Crippen LogP) is 6.17. The van der Waals surface area contributed by atoms with E-state index in [9.17, 15) is 9.59 Å². The molecule has 0 spiro atoms. The Morgan fingerprint density at radius 2 is 1.85 bits per heavy atom. The lowest BCUT2D eigenvalue weighted by Crippen LogP contribution is -2.22. The molecule has 2 N–H and O–H groups in total. The third-order valence-electron chi connectivity index (χ3n) is 4.73. The Morgan fingerprint density at radius 1 is 1.09 bits per heavy atom. The van der Waals surface area contributed by atoms with Gasteiger partial charge in [-0.05, 0) is 74.5 Å². The van der Waals surface area contributed by atoms with Gasteiger partial charge < -0.3 is 19.8 Å². The average Bonchev–Trinajstić information content (AvgIpc) is 3.54. The van der Waals surface area contributed by atoms with E-state index >= 15 is 0 Å². The number of carbonyl (C=O) groups is 2. The minimum atomic E-state index is -0.332. The van der Waals surface area contributed by atoms with E-state index in [-0.39, 0.29) is 22.8 Å². The highest BCUT2D eigenvalue weighted by Gasteiger charge is 2.17. The summed E-state index contributed by atoms with van der Waals surface area (Å²) in [7, 11) is 0. The van der Waals surface area contributed by atoms with Crippen molar-refractivity contribution in [2.75, 3.05) is 17.2 Å². The maximum Gasteiger partial charge on any atom is 0.291 e. The van der Waals surface area contributed by atoms with Gasteiger partial charge in [0.15, 0.2) is 10.9 Å². The van der Waals surface area contributed by atoms with Gasteiger partial charge in [0.2, 0.25) is 5.91 Å². The van der Waals surface area contributed by atoms with Gasteiger partial charge in [-0.15, -0.1) is 23.1 Å². The Kier molecular flexibility index (Phi) is 7.66. The fraction of sp³-hybridized carbons (Fsp3) is 0.160. The molecule has 174 valence electrons. The number of hydrogen-bond donors (Lipinski definition) is 2. The molecule has 0 fully saturated rings. The molecule has 0 aliphatic carbocycles. The van der Waals surface area contributed by atoms with Crippen molar-refractivity contribution in [3.05, 3.63) is 78.1 Å². The van der Waals surface area contributed by atoms with Crippen molar-refractivity contribution in [3.63, 3.8) is 0 Å². The maximum absolute atomic E-state index is 12.7. The number of furan rings is 1. The normalized spacial score (nSPS) is 11.6. The van der Waals surface area contributed by atoms with Crippen molar-refractivity contribution < 1.29 is 18.7 Å². The molecule has 0 saturated carbocycles. The molecule has 1 unspecified atom stereocenters. The van der Waals surface area contributed by atoms with E-state index in [1.807, 2.05) is 55.6 Å². The van der Waals surface area contributed by atoms with Crippen LogP contribution in [0.3, 0.4) is 0 Å². The van der Waals surface area contributed by atoms with Crippen LogP contribution in [-0.2, 0) is 4.79 Å². The van der Waals surface area contributed by atoms with Crippen molar-refractivity contribution in [2.24, 2.45) is 0 Å². The highest BCUT2D eigenvalue weighted by molar-refractivity contribution is 8.00. The van der Waals surface area contributed by atoms with Crippen LogP contribution in [0.5, 0.6) is 5.75 Å². The number of rotatable bonds is 9. The van der Waals surface area contributed by atoms with Gasteiger partial charge in [0.05, 0.1) is 23.8 Å². The number of benzene rings is 2. The van der Waals surface area contributed by atoms with Gasteiger partial charge in [-0.1, -0.05) is 0 Å². The lowest BCUT2D eigenvalue weighted by Gasteiger charge is -2.11. The first kappa shape index (κ1) is 23.6. The Morgan fingerprint density at radius 3 is 2.53 bits per heavy atom. The predicted molar refractivity (Wildman–Crippen MR) is 136 cm³/mol. The second-order valence-electron chi connectivity index (χ2n) is 7.20. The number of amides is 2. The van der Waals surface area contributed by atoms with Crippen molar-refractivity contribution in [1.29, 1.82) is 0 Å². The Labute approximate surface area is 205 Å². The van der Waals surface area contributed by atoms with Crippen molar-refractivity contribution in [2.45, 2.75) is 24.0 Å². The number of nitrogens with zero attached hydrogens (tertiary/aromatic N) is 1. The van der Waals surface area contributed by atoms with Crippen LogP contribution in [-0.4, -0.2) is 28.7 Å².